The predicted molar refractivity (Wildman–Crippen MR) is 68.1 cm³/mol. The molecular formula is C14H23N. The second kappa shape index (κ2) is 3.96. The molecule has 1 atom stereocenters. The molecule has 0 aliphatic carbocycles. The second-order valence-electron chi connectivity index (χ2n) is 6.38. The predicted octanol–water partition coefficient (Wildman–Crippen LogP) is 4.22. The monoisotopic (exact) mass is 205 g/mol. The molecule has 15 heavy (non-hydrogen) atoms. The zero-order valence-electron chi connectivity index (χ0n) is 10.8. The number of hydrogen-bond acceptors (Lipinski definition) is 1. The lowest BCUT2D eigenvalue weighted by atomic mass is 9.80. The molecule has 1 heterocycles. The van der Waals surface area contributed by atoms with Crippen molar-refractivity contribution in [1.82, 2.24) is 0 Å². The van der Waals surface area contributed by atoms with Gasteiger partial charge in [0.2, 0.25) is 0 Å². The molecule has 0 aromatic carbocycles. The van der Waals surface area contributed by atoms with Crippen LogP contribution in [-0.4, -0.2) is 6.21 Å². The summed E-state index contributed by atoms with van der Waals surface area (Å²) >= 11 is 0. The maximum atomic E-state index is 4.42. The van der Waals surface area contributed by atoms with Crippen molar-refractivity contribution in [1.29, 1.82) is 0 Å². The molecule has 1 unspecified atom stereocenters. The lowest BCUT2D eigenvalue weighted by Crippen LogP contribution is -2.19. The summed E-state index contributed by atoms with van der Waals surface area (Å²) in [4.78, 5) is 4.42. The number of aliphatic imine (C=N–C) groups is 1. The van der Waals surface area contributed by atoms with Crippen LogP contribution >= 0.6 is 0 Å². The third-order valence-corrected chi connectivity index (χ3v) is 2.81. The van der Waals surface area contributed by atoms with Crippen molar-refractivity contribution in [3.63, 3.8) is 0 Å². The van der Waals surface area contributed by atoms with E-state index in [1.807, 2.05) is 6.20 Å². The summed E-state index contributed by atoms with van der Waals surface area (Å²) in [6.45, 7) is 13.4. The lowest BCUT2D eigenvalue weighted by Gasteiger charge is -2.24. The Morgan fingerprint density at radius 1 is 1.07 bits per heavy atom. The first kappa shape index (κ1) is 12.2. The van der Waals surface area contributed by atoms with E-state index in [0.29, 0.717) is 5.92 Å². The van der Waals surface area contributed by atoms with Gasteiger partial charge in [0, 0.05) is 18.3 Å². The van der Waals surface area contributed by atoms with Crippen molar-refractivity contribution in [3.8, 4) is 0 Å². The molecule has 0 N–H and O–H groups in total. The van der Waals surface area contributed by atoms with Gasteiger partial charge >= 0.3 is 0 Å². The van der Waals surface area contributed by atoms with Crippen LogP contribution in [0.4, 0.5) is 0 Å². The minimum absolute atomic E-state index is 0.181. The first-order valence-electron chi connectivity index (χ1n) is 5.63. The van der Waals surface area contributed by atoms with E-state index in [9.17, 15) is 0 Å². The Hall–Kier alpha value is -0.850. The summed E-state index contributed by atoms with van der Waals surface area (Å²) in [7, 11) is 0. The van der Waals surface area contributed by atoms with E-state index in [2.05, 4.69) is 64.9 Å². The molecule has 1 heteroatoms. The van der Waals surface area contributed by atoms with Crippen LogP contribution in [0.3, 0.4) is 0 Å². The fraction of sp³-hybridized carbons (Fsp3) is 0.643. The van der Waals surface area contributed by atoms with Gasteiger partial charge in [-0.15, -0.1) is 0 Å². The van der Waals surface area contributed by atoms with Gasteiger partial charge in [-0.1, -0.05) is 53.7 Å². The molecular weight excluding hydrogens is 182 g/mol. The van der Waals surface area contributed by atoms with Crippen LogP contribution < -0.4 is 0 Å². The van der Waals surface area contributed by atoms with E-state index in [1.54, 1.807) is 0 Å². The molecule has 1 rings (SSSR count). The van der Waals surface area contributed by atoms with E-state index in [4.69, 9.17) is 0 Å². The van der Waals surface area contributed by atoms with Crippen LogP contribution in [-0.2, 0) is 0 Å². The van der Waals surface area contributed by atoms with E-state index < -0.39 is 0 Å². The highest BCUT2D eigenvalue weighted by Crippen LogP contribution is 2.31. The molecule has 0 saturated heterocycles. The molecule has 0 radical (unpaired) electrons. The third-order valence-electron chi connectivity index (χ3n) is 2.81. The smallest absolute Gasteiger partial charge is 0.0301 e. The fourth-order valence-corrected chi connectivity index (χ4v) is 1.47. The Bertz CT molecular complexity index is 305. The summed E-state index contributed by atoms with van der Waals surface area (Å²) in [6, 6.07) is 0. The van der Waals surface area contributed by atoms with Crippen molar-refractivity contribution in [2.45, 2.75) is 41.5 Å². The van der Waals surface area contributed by atoms with Gasteiger partial charge in [-0.25, -0.2) is 0 Å². The Labute approximate surface area is 94.0 Å². The average molecular weight is 205 g/mol. The maximum absolute atomic E-state index is 4.42. The van der Waals surface area contributed by atoms with Gasteiger partial charge in [0.25, 0.3) is 0 Å². The van der Waals surface area contributed by atoms with Gasteiger partial charge in [-0.2, -0.15) is 0 Å². The van der Waals surface area contributed by atoms with Crippen molar-refractivity contribution < 1.29 is 0 Å². The van der Waals surface area contributed by atoms with Crippen LogP contribution in [0.5, 0.6) is 0 Å². The summed E-state index contributed by atoms with van der Waals surface area (Å²) in [5.41, 5.74) is 1.73. The van der Waals surface area contributed by atoms with E-state index in [1.165, 1.54) is 5.57 Å². The molecule has 1 nitrogen and oxygen atoms in total. The highest BCUT2D eigenvalue weighted by Gasteiger charge is 2.22. The molecule has 1 aliphatic heterocycles. The fourth-order valence-electron chi connectivity index (χ4n) is 1.47. The zero-order valence-corrected chi connectivity index (χ0v) is 10.8. The molecule has 0 bridgehead atoms. The van der Waals surface area contributed by atoms with Crippen LogP contribution in [0.15, 0.2) is 28.9 Å². The van der Waals surface area contributed by atoms with E-state index in [0.717, 1.165) is 0 Å². The molecule has 0 spiro atoms. The van der Waals surface area contributed by atoms with Crippen molar-refractivity contribution in [2.75, 3.05) is 0 Å². The van der Waals surface area contributed by atoms with Gasteiger partial charge in [0.15, 0.2) is 0 Å². The van der Waals surface area contributed by atoms with Gasteiger partial charge in [-0.3, -0.25) is 4.99 Å². The minimum Gasteiger partial charge on any atom is -0.268 e. The standard InChI is InChI=1S/C14H23N/c1-13(2,3)11-7-8-12(10-15-9-11)14(4,5)6/h7-11H,1-6H3. The summed E-state index contributed by atoms with van der Waals surface area (Å²) < 4.78 is 0. The van der Waals surface area contributed by atoms with Gasteiger partial charge < -0.3 is 0 Å². The van der Waals surface area contributed by atoms with Gasteiger partial charge in [0.05, 0.1) is 0 Å². The largest absolute Gasteiger partial charge is 0.268 e. The van der Waals surface area contributed by atoms with Crippen LogP contribution in [0.1, 0.15) is 41.5 Å². The average Bonchev–Trinajstić information content (AvgIpc) is 2.24. The van der Waals surface area contributed by atoms with Gasteiger partial charge in [-0.05, 0) is 16.4 Å². The van der Waals surface area contributed by atoms with E-state index >= 15 is 0 Å². The third kappa shape index (κ3) is 3.33. The first-order chi connectivity index (χ1) is 6.71. The highest BCUT2D eigenvalue weighted by atomic mass is 14.7. The van der Waals surface area contributed by atoms with Crippen LogP contribution in [0.2, 0.25) is 0 Å². The van der Waals surface area contributed by atoms with Crippen molar-refractivity contribution in [2.24, 2.45) is 21.7 Å². The van der Waals surface area contributed by atoms with E-state index in [-0.39, 0.29) is 10.8 Å². The SMILES string of the molecule is CC(C)(C)C1=CN=CC(C(C)(C)C)C=C1. The normalized spacial score (nSPS) is 22.5. The lowest BCUT2D eigenvalue weighted by molar-refractivity contribution is 0.366. The number of rotatable bonds is 0. The summed E-state index contributed by atoms with van der Waals surface area (Å²) in [5.74, 6) is 0.425. The minimum atomic E-state index is 0.181. The van der Waals surface area contributed by atoms with Crippen molar-refractivity contribution in [3.05, 3.63) is 23.9 Å². The number of nitrogens with zero attached hydrogens (tertiary/aromatic N) is 1. The highest BCUT2D eigenvalue weighted by molar-refractivity contribution is 5.66. The van der Waals surface area contributed by atoms with Gasteiger partial charge in [0.1, 0.15) is 0 Å². The Morgan fingerprint density at radius 3 is 2.13 bits per heavy atom. The topological polar surface area (TPSA) is 12.4 Å². The first-order valence-corrected chi connectivity index (χ1v) is 5.63. The second-order valence-corrected chi connectivity index (χ2v) is 6.38. The number of hydrogen-bond donors (Lipinski definition) is 0. The molecule has 0 saturated carbocycles. The molecule has 0 aromatic heterocycles. The Kier molecular flexibility index (Phi) is 3.22. The van der Waals surface area contributed by atoms with Crippen LogP contribution in [0.25, 0.3) is 0 Å². The molecule has 0 amide bonds. The molecule has 84 valence electrons. The maximum Gasteiger partial charge on any atom is 0.0301 e. The number of allylic oxidation sites excluding steroid dienone is 3. The molecule has 1 aliphatic rings. The quantitative estimate of drug-likeness (QED) is 0.561. The zero-order chi connectivity index (χ0) is 11.7. The Balaban J connectivity index is 2.91. The van der Waals surface area contributed by atoms with Crippen molar-refractivity contribution >= 4 is 6.21 Å². The molecule has 0 fully saturated rings. The Morgan fingerprint density at radius 2 is 1.67 bits per heavy atom. The summed E-state index contributed by atoms with van der Waals surface area (Å²) in [5, 5.41) is 0. The van der Waals surface area contributed by atoms with Crippen LogP contribution in [0, 0.1) is 16.7 Å². The molecule has 0 aromatic rings. The summed E-state index contributed by atoms with van der Waals surface area (Å²) in [6.07, 6.45) is 8.54.